The van der Waals surface area contributed by atoms with Crippen LogP contribution in [0.25, 0.3) is 5.70 Å². The number of hydrogen-bond donors (Lipinski definition) is 0. The molecule has 0 atom stereocenters. The van der Waals surface area contributed by atoms with Crippen LogP contribution in [0.4, 0.5) is 8.78 Å². The fourth-order valence-electron chi connectivity index (χ4n) is 2.75. The minimum Gasteiger partial charge on any atom is -0.342 e. The van der Waals surface area contributed by atoms with Gasteiger partial charge in [-0.25, -0.2) is 8.78 Å². The van der Waals surface area contributed by atoms with E-state index >= 15 is 0 Å². The lowest BCUT2D eigenvalue weighted by atomic mass is 10.1. The quantitative estimate of drug-likeness (QED) is 0.492. The molecule has 1 aromatic carbocycles. The van der Waals surface area contributed by atoms with Crippen LogP contribution >= 0.6 is 23.2 Å². The summed E-state index contributed by atoms with van der Waals surface area (Å²) in [5.74, 6) is -1.47. The molecular formula is C20H21Cl2F2N3. The van der Waals surface area contributed by atoms with Crippen molar-refractivity contribution in [2.45, 2.75) is 40.2 Å². The molecule has 3 nitrogen and oxygen atoms in total. The number of aryl methyl sites for hydroxylation is 1. The van der Waals surface area contributed by atoms with Gasteiger partial charge in [-0.15, -0.1) is 5.10 Å². The number of hydrogen-bond acceptors (Lipinski definition) is 3. The van der Waals surface area contributed by atoms with Crippen molar-refractivity contribution in [2.75, 3.05) is 0 Å². The van der Waals surface area contributed by atoms with Crippen molar-refractivity contribution in [2.24, 2.45) is 0 Å². The van der Waals surface area contributed by atoms with E-state index < -0.39 is 11.6 Å². The van der Waals surface area contributed by atoms with Gasteiger partial charge in [0.15, 0.2) is 11.0 Å². The lowest BCUT2D eigenvalue weighted by molar-refractivity contribution is 0.492. The molecule has 0 spiro atoms. The SMILES string of the molecule is C/C=C\N(Cc1nnc(Cl)cc1CC)/C(=C/CC)c1c(F)ccc(Cl)c1F. The van der Waals surface area contributed by atoms with Crippen molar-refractivity contribution in [3.63, 3.8) is 0 Å². The Morgan fingerprint density at radius 1 is 1.19 bits per heavy atom. The lowest BCUT2D eigenvalue weighted by Gasteiger charge is -2.25. The van der Waals surface area contributed by atoms with E-state index in [1.165, 1.54) is 6.07 Å². The first-order chi connectivity index (χ1) is 12.9. The molecule has 2 rings (SSSR count). The normalized spacial score (nSPS) is 12.0. The van der Waals surface area contributed by atoms with Crippen molar-refractivity contribution in [3.8, 4) is 0 Å². The number of benzene rings is 1. The molecule has 0 aliphatic rings. The predicted molar refractivity (Wildman–Crippen MR) is 106 cm³/mol. The van der Waals surface area contributed by atoms with Crippen LogP contribution in [0.15, 0.2) is 36.6 Å². The molecular weight excluding hydrogens is 391 g/mol. The molecule has 2 aromatic rings. The van der Waals surface area contributed by atoms with Gasteiger partial charge >= 0.3 is 0 Å². The summed E-state index contributed by atoms with van der Waals surface area (Å²) in [5.41, 5.74) is 1.83. The second-order valence-electron chi connectivity index (χ2n) is 5.82. The molecule has 0 aliphatic heterocycles. The van der Waals surface area contributed by atoms with Crippen LogP contribution in [0.1, 0.15) is 44.0 Å². The Morgan fingerprint density at radius 2 is 1.93 bits per heavy atom. The Morgan fingerprint density at radius 3 is 2.56 bits per heavy atom. The van der Waals surface area contributed by atoms with Crippen LogP contribution in [0.2, 0.25) is 10.2 Å². The van der Waals surface area contributed by atoms with Crippen LogP contribution in [-0.4, -0.2) is 15.1 Å². The van der Waals surface area contributed by atoms with Gasteiger partial charge in [-0.1, -0.05) is 49.2 Å². The van der Waals surface area contributed by atoms with E-state index in [0.717, 1.165) is 11.6 Å². The van der Waals surface area contributed by atoms with Crippen molar-refractivity contribution in [3.05, 3.63) is 75.2 Å². The van der Waals surface area contributed by atoms with Crippen molar-refractivity contribution in [1.29, 1.82) is 0 Å². The number of allylic oxidation sites excluding steroid dienone is 2. The Hall–Kier alpha value is -1.98. The molecule has 0 saturated heterocycles. The Kier molecular flexibility index (Phi) is 7.75. The lowest BCUT2D eigenvalue weighted by Crippen LogP contribution is -2.19. The van der Waals surface area contributed by atoms with Crippen LogP contribution in [-0.2, 0) is 13.0 Å². The second kappa shape index (κ2) is 9.81. The first-order valence-electron chi connectivity index (χ1n) is 8.67. The predicted octanol–water partition coefficient (Wildman–Crippen LogP) is 6.41. The molecule has 0 radical (unpaired) electrons. The molecule has 1 heterocycles. The van der Waals surface area contributed by atoms with Crippen LogP contribution in [0.5, 0.6) is 0 Å². The Balaban J connectivity index is 2.56. The van der Waals surface area contributed by atoms with E-state index in [-0.39, 0.29) is 17.1 Å². The monoisotopic (exact) mass is 411 g/mol. The van der Waals surface area contributed by atoms with E-state index in [9.17, 15) is 8.78 Å². The summed E-state index contributed by atoms with van der Waals surface area (Å²) in [6.07, 6.45) is 6.59. The van der Waals surface area contributed by atoms with Gasteiger partial charge < -0.3 is 4.90 Å². The number of nitrogens with zero attached hydrogens (tertiary/aromatic N) is 3. The molecule has 0 aliphatic carbocycles. The maximum Gasteiger partial charge on any atom is 0.154 e. The van der Waals surface area contributed by atoms with Crippen LogP contribution in [0, 0.1) is 11.6 Å². The van der Waals surface area contributed by atoms with Gasteiger partial charge in [0.05, 0.1) is 28.5 Å². The summed E-state index contributed by atoms with van der Waals surface area (Å²) in [6.45, 7) is 5.99. The van der Waals surface area contributed by atoms with Crippen LogP contribution in [0.3, 0.4) is 0 Å². The van der Waals surface area contributed by atoms with Gasteiger partial charge in [-0.2, -0.15) is 5.10 Å². The summed E-state index contributed by atoms with van der Waals surface area (Å²) >= 11 is 11.8. The average molecular weight is 412 g/mol. The van der Waals surface area contributed by atoms with Gasteiger partial charge in [-0.3, -0.25) is 0 Å². The van der Waals surface area contributed by atoms with Gasteiger partial charge in [0, 0.05) is 6.20 Å². The molecule has 1 aromatic heterocycles. The van der Waals surface area contributed by atoms with E-state index in [0.29, 0.717) is 29.4 Å². The molecule has 27 heavy (non-hydrogen) atoms. The van der Waals surface area contributed by atoms with Gasteiger partial charge in [-0.05, 0) is 43.5 Å². The fourth-order valence-corrected chi connectivity index (χ4v) is 3.07. The largest absolute Gasteiger partial charge is 0.342 e. The highest BCUT2D eigenvalue weighted by Gasteiger charge is 2.21. The molecule has 7 heteroatoms. The maximum absolute atomic E-state index is 14.7. The van der Waals surface area contributed by atoms with Gasteiger partial charge in [0.1, 0.15) is 5.82 Å². The fraction of sp³-hybridized carbons (Fsp3) is 0.300. The van der Waals surface area contributed by atoms with Gasteiger partial charge in [0.25, 0.3) is 0 Å². The zero-order valence-corrected chi connectivity index (χ0v) is 17.0. The molecule has 0 saturated carbocycles. The highest BCUT2D eigenvalue weighted by atomic mass is 35.5. The van der Waals surface area contributed by atoms with E-state index in [1.807, 2.05) is 20.8 Å². The summed E-state index contributed by atoms with van der Waals surface area (Å²) in [4.78, 5) is 1.73. The molecule has 0 N–H and O–H groups in total. The summed E-state index contributed by atoms with van der Waals surface area (Å²) in [7, 11) is 0. The molecule has 0 unspecified atom stereocenters. The highest BCUT2D eigenvalue weighted by Crippen LogP contribution is 2.31. The third-order valence-electron chi connectivity index (χ3n) is 3.97. The van der Waals surface area contributed by atoms with Crippen LogP contribution < -0.4 is 0 Å². The van der Waals surface area contributed by atoms with Crippen molar-refractivity contribution in [1.82, 2.24) is 15.1 Å². The number of aromatic nitrogens is 2. The maximum atomic E-state index is 14.7. The topological polar surface area (TPSA) is 29.0 Å². The molecule has 0 bridgehead atoms. The van der Waals surface area contributed by atoms with Crippen molar-refractivity contribution >= 4 is 28.9 Å². The smallest absolute Gasteiger partial charge is 0.154 e. The Labute approximate surface area is 168 Å². The third-order valence-corrected chi connectivity index (χ3v) is 4.44. The highest BCUT2D eigenvalue weighted by molar-refractivity contribution is 6.31. The first-order valence-corrected chi connectivity index (χ1v) is 9.42. The minimum atomic E-state index is -0.788. The zero-order chi connectivity index (χ0) is 20.0. The summed E-state index contributed by atoms with van der Waals surface area (Å²) in [6, 6.07) is 4.12. The van der Waals surface area contributed by atoms with E-state index in [2.05, 4.69) is 10.2 Å². The van der Waals surface area contributed by atoms with E-state index in [4.69, 9.17) is 23.2 Å². The average Bonchev–Trinajstić information content (AvgIpc) is 2.65. The summed E-state index contributed by atoms with van der Waals surface area (Å²) in [5, 5.41) is 8.26. The standard InChI is InChI=1S/C20H21Cl2F2N3/c1-4-7-17(19-15(23)9-8-14(21)20(19)24)27(10-5-2)12-16-13(6-3)11-18(22)26-25-16/h5,7-11H,4,6,12H2,1-3H3/b10-5-,17-7+. The second-order valence-corrected chi connectivity index (χ2v) is 6.61. The van der Waals surface area contributed by atoms with Crippen molar-refractivity contribution < 1.29 is 8.78 Å². The third kappa shape index (κ3) is 5.05. The molecule has 0 amide bonds. The summed E-state index contributed by atoms with van der Waals surface area (Å²) < 4.78 is 29.2. The zero-order valence-electron chi connectivity index (χ0n) is 15.4. The number of rotatable bonds is 7. The van der Waals surface area contributed by atoms with Gasteiger partial charge in [0.2, 0.25) is 0 Å². The molecule has 144 valence electrons. The Bertz CT molecular complexity index is 867. The number of halogens is 4. The minimum absolute atomic E-state index is 0.130. The van der Waals surface area contributed by atoms with E-state index in [1.54, 1.807) is 29.3 Å². The first kappa shape index (κ1) is 21.3. The molecule has 0 fully saturated rings.